The minimum Gasteiger partial charge on any atom is -0.444 e. The lowest BCUT2D eigenvalue weighted by atomic mass is 9.88. The number of hydrogen-bond donors (Lipinski definition) is 0. The second-order valence-electron chi connectivity index (χ2n) is 6.95. The van der Waals surface area contributed by atoms with Gasteiger partial charge in [0.25, 0.3) is 0 Å². The summed E-state index contributed by atoms with van der Waals surface area (Å²) in [6.07, 6.45) is 3.28. The van der Waals surface area contributed by atoms with Gasteiger partial charge in [0.1, 0.15) is 28.6 Å². The van der Waals surface area contributed by atoms with E-state index in [1.807, 2.05) is 12.1 Å². The average molecular weight is 471 g/mol. The number of aromatic nitrogens is 2. The summed E-state index contributed by atoms with van der Waals surface area (Å²) in [5.74, 6) is 0.863. The number of nitriles is 2. The number of ether oxygens (including phenoxy) is 1. The van der Waals surface area contributed by atoms with E-state index in [1.165, 1.54) is 11.8 Å². The molecule has 31 heavy (non-hydrogen) atoms. The number of thioether (sulfide) groups is 1. The second-order valence-corrected chi connectivity index (χ2v) is 8.71. The summed E-state index contributed by atoms with van der Waals surface area (Å²) >= 11 is 13.6. The second kappa shape index (κ2) is 9.72. The van der Waals surface area contributed by atoms with E-state index in [-0.39, 0.29) is 16.6 Å². The Labute approximate surface area is 193 Å². The molecule has 1 atom stereocenters. The van der Waals surface area contributed by atoms with E-state index < -0.39 is 0 Å². The van der Waals surface area contributed by atoms with E-state index in [2.05, 4.69) is 22.1 Å². The number of benzene rings is 1. The molecule has 3 heterocycles. The number of oxazole rings is 1. The number of hydrogen-bond acceptors (Lipinski definition) is 7. The standard InChI is InChI=1S/C22H16Cl2N4O2S/c23-15-5-3-13(4-6-15)21-27-16(11-30-21)12-31-22-18(9-26)19(14-2-1-7-29-10-14)17(8-25)20(24)28-22/h3-6,11,14H,1-2,7,10,12H2. The monoisotopic (exact) mass is 470 g/mol. The third-order valence-electron chi connectivity index (χ3n) is 4.95. The van der Waals surface area contributed by atoms with Crippen LogP contribution in [0.5, 0.6) is 0 Å². The van der Waals surface area contributed by atoms with Crippen LogP contribution in [0.15, 0.2) is 40.0 Å². The average Bonchev–Trinajstić information content (AvgIpc) is 3.27. The maximum Gasteiger partial charge on any atom is 0.226 e. The van der Waals surface area contributed by atoms with E-state index in [4.69, 9.17) is 32.4 Å². The largest absolute Gasteiger partial charge is 0.444 e. The van der Waals surface area contributed by atoms with Crippen LogP contribution in [0.3, 0.4) is 0 Å². The van der Waals surface area contributed by atoms with Gasteiger partial charge in [0.15, 0.2) is 0 Å². The van der Waals surface area contributed by atoms with Gasteiger partial charge in [0.05, 0.1) is 23.4 Å². The fourth-order valence-electron chi connectivity index (χ4n) is 3.49. The third-order valence-corrected chi connectivity index (χ3v) is 6.48. The van der Waals surface area contributed by atoms with Crippen LogP contribution in [0.1, 0.15) is 41.1 Å². The third kappa shape index (κ3) is 4.71. The van der Waals surface area contributed by atoms with Crippen LogP contribution < -0.4 is 0 Å². The van der Waals surface area contributed by atoms with Gasteiger partial charge in [-0.1, -0.05) is 35.0 Å². The van der Waals surface area contributed by atoms with Crippen LogP contribution in [0.2, 0.25) is 10.2 Å². The molecule has 0 spiro atoms. The van der Waals surface area contributed by atoms with Gasteiger partial charge in [0.2, 0.25) is 5.89 Å². The number of pyridine rings is 1. The van der Waals surface area contributed by atoms with Crippen molar-refractivity contribution in [1.29, 1.82) is 10.5 Å². The lowest BCUT2D eigenvalue weighted by Crippen LogP contribution is -2.18. The van der Waals surface area contributed by atoms with Crippen LogP contribution in [0, 0.1) is 22.7 Å². The maximum atomic E-state index is 9.87. The molecule has 0 amide bonds. The van der Waals surface area contributed by atoms with Crippen molar-refractivity contribution in [2.24, 2.45) is 0 Å². The Morgan fingerprint density at radius 3 is 2.55 bits per heavy atom. The molecule has 1 fully saturated rings. The lowest BCUT2D eigenvalue weighted by molar-refractivity contribution is 0.0802. The molecule has 2 aromatic heterocycles. The topological polar surface area (TPSA) is 95.7 Å². The summed E-state index contributed by atoms with van der Waals surface area (Å²) in [6, 6.07) is 11.6. The molecule has 6 nitrogen and oxygen atoms in total. The van der Waals surface area contributed by atoms with Gasteiger partial charge in [0, 0.05) is 28.9 Å². The quantitative estimate of drug-likeness (QED) is 0.334. The number of rotatable bonds is 5. The SMILES string of the molecule is N#Cc1c(Cl)nc(SCc2coc(-c3ccc(Cl)cc3)n2)c(C#N)c1C1CCCOC1. The first-order valence-corrected chi connectivity index (χ1v) is 11.3. The molecular formula is C22H16Cl2N4O2S. The summed E-state index contributed by atoms with van der Waals surface area (Å²) in [6.45, 7) is 1.14. The van der Waals surface area contributed by atoms with Crippen LogP contribution in [-0.2, 0) is 10.5 Å². The highest BCUT2D eigenvalue weighted by atomic mass is 35.5. The molecule has 156 valence electrons. The molecule has 1 saturated heterocycles. The summed E-state index contributed by atoms with van der Waals surface area (Å²) in [5, 5.41) is 20.7. The minimum absolute atomic E-state index is 0.0542. The minimum atomic E-state index is -0.0542. The zero-order valence-electron chi connectivity index (χ0n) is 16.3. The first-order valence-electron chi connectivity index (χ1n) is 9.55. The molecule has 0 bridgehead atoms. The molecule has 0 radical (unpaired) electrons. The molecule has 9 heteroatoms. The molecule has 0 saturated carbocycles. The Morgan fingerprint density at radius 1 is 1.10 bits per heavy atom. The van der Waals surface area contributed by atoms with Crippen molar-refractivity contribution in [2.75, 3.05) is 13.2 Å². The van der Waals surface area contributed by atoms with Gasteiger partial charge < -0.3 is 9.15 Å². The van der Waals surface area contributed by atoms with E-state index in [1.54, 1.807) is 18.4 Å². The molecule has 1 aliphatic rings. The van der Waals surface area contributed by atoms with Gasteiger partial charge in [-0.15, -0.1) is 0 Å². The van der Waals surface area contributed by atoms with Crippen LogP contribution in [0.4, 0.5) is 0 Å². The van der Waals surface area contributed by atoms with Crippen molar-refractivity contribution in [1.82, 2.24) is 9.97 Å². The predicted molar refractivity (Wildman–Crippen MR) is 118 cm³/mol. The first-order chi connectivity index (χ1) is 15.1. The highest BCUT2D eigenvalue weighted by molar-refractivity contribution is 7.98. The van der Waals surface area contributed by atoms with Crippen molar-refractivity contribution in [3.63, 3.8) is 0 Å². The van der Waals surface area contributed by atoms with Crippen molar-refractivity contribution in [3.8, 4) is 23.6 Å². The Morgan fingerprint density at radius 2 is 1.87 bits per heavy atom. The molecule has 1 aliphatic heterocycles. The van der Waals surface area contributed by atoms with Gasteiger partial charge in [-0.2, -0.15) is 10.5 Å². The van der Waals surface area contributed by atoms with E-state index in [0.717, 1.165) is 18.4 Å². The van der Waals surface area contributed by atoms with E-state index in [0.29, 0.717) is 51.7 Å². The zero-order valence-corrected chi connectivity index (χ0v) is 18.6. The highest BCUT2D eigenvalue weighted by Crippen LogP contribution is 2.38. The smallest absolute Gasteiger partial charge is 0.226 e. The zero-order chi connectivity index (χ0) is 21.8. The first kappa shape index (κ1) is 21.7. The molecule has 3 aromatic rings. The fourth-order valence-corrected chi connectivity index (χ4v) is 4.77. The molecule has 1 unspecified atom stereocenters. The van der Waals surface area contributed by atoms with Gasteiger partial charge in [-0.25, -0.2) is 9.97 Å². The van der Waals surface area contributed by atoms with Gasteiger partial charge in [-0.05, 0) is 42.7 Å². The van der Waals surface area contributed by atoms with Crippen molar-refractivity contribution >= 4 is 35.0 Å². The molecule has 1 aromatic carbocycles. The van der Waals surface area contributed by atoms with Crippen molar-refractivity contribution < 1.29 is 9.15 Å². The maximum absolute atomic E-state index is 9.87. The molecule has 4 rings (SSSR count). The Kier molecular flexibility index (Phi) is 6.80. The fraction of sp³-hybridized carbons (Fsp3) is 0.273. The molecule has 0 aliphatic carbocycles. The van der Waals surface area contributed by atoms with Crippen molar-refractivity contribution in [2.45, 2.75) is 29.5 Å². The summed E-state index contributed by atoms with van der Waals surface area (Å²) in [7, 11) is 0. The Bertz CT molecular complexity index is 1180. The predicted octanol–water partition coefficient (Wildman–Crippen LogP) is 5.97. The van der Waals surface area contributed by atoms with Gasteiger partial charge >= 0.3 is 0 Å². The van der Waals surface area contributed by atoms with Crippen LogP contribution in [-0.4, -0.2) is 23.2 Å². The Balaban J connectivity index is 1.60. The summed E-state index contributed by atoms with van der Waals surface area (Å²) in [5.41, 5.74) is 2.78. The summed E-state index contributed by atoms with van der Waals surface area (Å²) in [4.78, 5) is 8.83. The lowest BCUT2D eigenvalue weighted by Gasteiger charge is -2.25. The van der Waals surface area contributed by atoms with E-state index >= 15 is 0 Å². The number of nitrogens with zero attached hydrogens (tertiary/aromatic N) is 4. The summed E-state index contributed by atoms with van der Waals surface area (Å²) < 4.78 is 11.2. The highest BCUT2D eigenvalue weighted by Gasteiger charge is 2.27. The molecule has 0 N–H and O–H groups in total. The van der Waals surface area contributed by atoms with Gasteiger partial charge in [-0.3, -0.25) is 0 Å². The van der Waals surface area contributed by atoms with Crippen LogP contribution >= 0.6 is 35.0 Å². The Hall–Kier alpha value is -2.55. The van der Waals surface area contributed by atoms with Crippen molar-refractivity contribution in [3.05, 3.63) is 63.1 Å². The van der Waals surface area contributed by atoms with Crippen LogP contribution in [0.25, 0.3) is 11.5 Å². The van der Waals surface area contributed by atoms with E-state index in [9.17, 15) is 10.5 Å². The number of halogens is 2. The molecular weight excluding hydrogens is 455 g/mol. The normalized spacial score (nSPS) is 15.9.